The lowest BCUT2D eigenvalue weighted by Crippen LogP contribution is -2.46. The van der Waals surface area contributed by atoms with Gasteiger partial charge in [0.05, 0.1) is 24.6 Å². The van der Waals surface area contributed by atoms with E-state index in [-0.39, 0.29) is 22.2 Å². The first kappa shape index (κ1) is 51.6. The number of halogens is 2. The molecule has 3 heterocycles. The molecule has 3 N–H and O–H groups in total. The Hall–Kier alpha value is -4.54. The fraction of sp³-hybridized carbons (Fsp3) is 0.651. The van der Waals surface area contributed by atoms with Crippen LogP contribution in [0.4, 0.5) is 13.6 Å². The molecule has 1 aromatic heterocycles. The number of amides is 4. The topological polar surface area (TPSA) is 182 Å². The smallest absolute Gasteiger partial charge is 0.407 e. The first-order valence-electron chi connectivity index (χ1n) is 20.7. The van der Waals surface area contributed by atoms with Crippen molar-refractivity contribution in [3.8, 4) is 11.6 Å². The fourth-order valence-corrected chi connectivity index (χ4v) is 7.66. The molecule has 3 aliphatic rings. The van der Waals surface area contributed by atoms with Crippen molar-refractivity contribution in [3.63, 3.8) is 0 Å². The van der Waals surface area contributed by atoms with Crippen molar-refractivity contribution in [2.24, 2.45) is 11.8 Å². The largest absolute Gasteiger partial charge is 0.494 e. The minimum atomic E-state index is -3.39. The minimum absolute atomic E-state index is 0. The molecule has 0 spiro atoms. The predicted octanol–water partition coefficient (Wildman–Crippen LogP) is 8.05. The first-order chi connectivity index (χ1) is 28.1. The third-order valence-corrected chi connectivity index (χ3v) is 13.0. The highest BCUT2D eigenvalue weighted by atomic mass is 32.2. The number of allylic oxidation sites excluding steroid dienone is 1. The van der Waals surface area contributed by atoms with E-state index in [1.165, 1.54) is 14.0 Å². The Labute approximate surface area is 359 Å². The second kappa shape index (κ2) is 22.9. The van der Waals surface area contributed by atoms with Crippen LogP contribution < -0.4 is 24.8 Å². The zero-order chi connectivity index (χ0) is 45.5. The van der Waals surface area contributed by atoms with Crippen LogP contribution in [0.2, 0.25) is 0 Å². The van der Waals surface area contributed by atoms with Gasteiger partial charge in [-0.1, -0.05) is 64.5 Å². The summed E-state index contributed by atoms with van der Waals surface area (Å²) < 4.78 is 65.3. The van der Waals surface area contributed by atoms with E-state index in [2.05, 4.69) is 40.3 Å². The number of hydrogen-bond donors (Lipinski definition) is 3. The summed E-state index contributed by atoms with van der Waals surface area (Å²) in [6, 6.07) is 7.26. The number of sulfonamides is 1. The molecule has 14 nitrogen and oxygen atoms in total. The van der Waals surface area contributed by atoms with Gasteiger partial charge in [-0.25, -0.2) is 27.0 Å². The fourth-order valence-electron chi connectivity index (χ4n) is 6.40. The van der Waals surface area contributed by atoms with Gasteiger partial charge in [0.1, 0.15) is 17.9 Å². The molecule has 2 fully saturated rings. The van der Waals surface area contributed by atoms with Crippen LogP contribution in [-0.2, 0) is 29.1 Å². The summed E-state index contributed by atoms with van der Waals surface area (Å²) in [5, 5.41) is 6.85. The number of carbonyl (C=O) groups excluding carboxylic acids is 4. The number of fused-ring (bicyclic) bond motifs is 2. The molecule has 4 amide bonds. The van der Waals surface area contributed by atoms with Crippen molar-refractivity contribution < 1.29 is 54.9 Å². The van der Waals surface area contributed by atoms with Crippen molar-refractivity contribution in [2.75, 3.05) is 27.2 Å². The van der Waals surface area contributed by atoms with E-state index in [1.54, 1.807) is 25.1 Å². The number of hydrogen-bond acceptors (Lipinski definition) is 10. The van der Waals surface area contributed by atoms with Gasteiger partial charge < -0.3 is 29.7 Å². The van der Waals surface area contributed by atoms with Crippen LogP contribution in [0.3, 0.4) is 0 Å². The van der Waals surface area contributed by atoms with Crippen molar-refractivity contribution in [1.29, 1.82) is 0 Å². The zero-order valence-corrected chi connectivity index (χ0v) is 38.0. The van der Waals surface area contributed by atoms with Gasteiger partial charge >= 0.3 is 6.09 Å². The number of alkyl halides is 2. The lowest BCUT2D eigenvalue weighted by atomic mass is 9.88. The molecule has 60 heavy (non-hydrogen) atoms. The number of pyridine rings is 1. The van der Waals surface area contributed by atoms with Gasteiger partial charge in [0, 0.05) is 55.3 Å². The molecular formula is C43H73F2N5O9S. The number of nitrogens with one attached hydrogen (secondary N) is 3. The molecule has 1 saturated carbocycles. The van der Waals surface area contributed by atoms with E-state index in [9.17, 15) is 36.4 Å². The highest BCUT2D eigenvalue weighted by Crippen LogP contribution is 2.42. The maximum Gasteiger partial charge on any atom is 0.407 e. The molecule has 1 saturated heterocycles. The van der Waals surface area contributed by atoms with Crippen molar-refractivity contribution >= 4 is 44.6 Å². The van der Waals surface area contributed by atoms with Gasteiger partial charge in [0.25, 0.3) is 5.92 Å². The number of alkyl carbamates (subject to hydrolysis) is 1. The Bertz CT molecular complexity index is 1900. The SMILES string of the molecule is CC.CC(=O)NS(=O)(=O)C1(C)CC1.CC[C@H]1CC(=O)N2C[C@H](Oc3ncc(OC)c4ccccc34)C[C@H]2C(=O)NC/C=C\CC[C@@H](C)C1.CNC(=O)OC(C)(C)C(C)(F)F.[HH].[HH].[HH]. The molecule has 0 bridgehead atoms. The second-order valence-corrected chi connectivity index (χ2v) is 18.2. The van der Waals surface area contributed by atoms with E-state index in [1.807, 2.05) is 48.9 Å². The number of aromatic nitrogens is 1. The lowest BCUT2D eigenvalue weighted by Gasteiger charge is -2.30. The number of rotatable bonds is 8. The van der Waals surface area contributed by atoms with Crippen molar-refractivity contribution in [1.82, 2.24) is 25.2 Å². The quantitative estimate of drug-likeness (QED) is 0.220. The Balaban J connectivity index is 0. The summed E-state index contributed by atoms with van der Waals surface area (Å²) in [7, 11) is -0.454. The number of ether oxygens (including phenoxy) is 3. The highest BCUT2D eigenvalue weighted by Gasteiger charge is 2.50. The summed E-state index contributed by atoms with van der Waals surface area (Å²) in [6.45, 7) is 15.1. The normalized spacial score (nSPS) is 22.2. The Morgan fingerprint density at radius 2 is 1.72 bits per heavy atom. The van der Waals surface area contributed by atoms with E-state index < -0.39 is 44.3 Å². The van der Waals surface area contributed by atoms with Gasteiger partial charge in [-0.3, -0.25) is 19.1 Å². The van der Waals surface area contributed by atoms with Crippen LogP contribution in [0.5, 0.6) is 11.6 Å². The van der Waals surface area contributed by atoms with Crippen molar-refractivity contribution in [3.05, 3.63) is 42.6 Å². The molecule has 1 aromatic carbocycles. The number of benzene rings is 1. The van der Waals surface area contributed by atoms with Gasteiger partial charge in [0.15, 0.2) is 5.60 Å². The van der Waals surface area contributed by atoms with Crippen LogP contribution in [0.15, 0.2) is 42.6 Å². The van der Waals surface area contributed by atoms with Crippen molar-refractivity contribution in [2.45, 2.75) is 142 Å². The van der Waals surface area contributed by atoms with Crippen LogP contribution in [0, 0.1) is 11.8 Å². The Kier molecular flexibility index (Phi) is 19.7. The number of nitrogens with zero attached hydrogens (tertiary/aromatic N) is 2. The number of carbonyl (C=O) groups is 4. The molecule has 4 atom stereocenters. The van der Waals surface area contributed by atoms with Crippen LogP contribution in [0.25, 0.3) is 10.8 Å². The summed E-state index contributed by atoms with van der Waals surface area (Å²) in [5.74, 6) is -1.60. The third kappa shape index (κ3) is 14.9. The number of methoxy groups -OCH3 is 1. The van der Waals surface area contributed by atoms with Crippen LogP contribution >= 0.6 is 0 Å². The molecular weight excluding hydrogens is 801 g/mol. The van der Waals surface area contributed by atoms with E-state index in [0.717, 1.165) is 50.3 Å². The van der Waals surface area contributed by atoms with Crippen LogP contribution in [-0.4, -0.2) is 97.8 Å². The monoisotopic (exact) mass is 874 g/mol. The highest BCUT2D eigenvalue weighted by molar-refractivity contribution is 7.91. The standard InChI is InChI=1S/C28H37N3O4.C7H13F2NO2.C6H11NO3S.C2H6.3H2/c1-4-20-14-19(2)10-6-5-9-13-29-27(33)24-16-21(18-31(24)26(32)15-20)35-28-23-12-8-7-11-22(23)25(34-3)17-30-28;1-6(2,7(3,8)9)12-5(11)10-4;1-5(8)7-11(9,10)6(2)3-4-6;1-2;;;/h5,7-9,11-12,17,19-21,24H,4,6,10,13-16,18H2,1-3H3,(H,29,33);1-4H3,(H,10,11);3-4H2,1-2H3,(H,7,8);1-2H3;3*1H/b9-5-;;;;;;/t19-,20-,21-,24+;;;;;;/m1....../s1. The molecule has 5 rings (SSSR count). The summed E-state index contributed by atoms with van der Waals surface area (Å²) >= 11 is 0. The average molecular weight is 874 g/mol. The molecule has 0 radical (unpaired) electrons. The van der Waals surface area contributed by atoms with E-state index in [4.69, 9.17) is 9.47 Å². The minimum Gasteiger partial charge on any atom is -0.494 e. The second-order valence-electron chi connectivity index (χ2n) is 16.0. The molecule has 0 unspecified atom stereocenters. The zero-order valence-electron chi connectivity index (χ0n) is 37.2. The summed E-state index contributed by atoms with van der Waals surface area (Å²) in [5.41, 5.74) is -1.78. The molecule has 2 aliphatic heterocycles. The molecule has 2 aromatic rings. The predicted molar refractivity (Wildman–Crippen MR) is 235 cm³/mol. The molecule has 17 heteroatoms. The average Bonchev–Trinajstić information content (AvgIpc) is 3.82. The van der Waals surface area contributed by atoms with Gasteiger partial charge in [-0.05, 0) is 70.8 Å². The molecule has 344 valence electrons. The van der Waals surface area contributed by atoms with Gasteiger partial charge in [0.2, 0.25) is 33.6 Å². The lowest BCUT2D eigenvalue weighted by molar-refractivity contribution is -0.149. The maximum absolute atomic E-state index is 13.4. The first-order valence-corrected chi connectivity index (χ1v) is 22.2. The third-order valence-electron chi connectivity index (χ3n) is 10.8. The summed E-state index contributed by atoms with van der Waals surface area (Å²) in [6.07, 6.45) is 10.9. The van der Waals surface area contributed by atoms with Gasteiger partial charge in [-0.2, -0.15) is 0 Å². The Morgan fingerprint density at radius 3 is 2.27 bits per heavy atom. The van der Waals surface area contributed by atoms with E-state index in [0.29, 0.717) is 69.2 Å². The summed E-state index contributed by atoms with van der Waals surface area (Å²) in [4.78, 5) is 53.8. The van der Waals surface area contributed by atoms with Gasteiger partial charge in [-0.15, -0.1) is 0 Å². The Morgan fingerprint density at radius 1 is 1.08 bits per heavy atom. The van der Waals surface area contributed by atoms with E-state index >= 15 is 0 Å². The molecule has 1 aliphatic carbocycles. The van der Waals surface area contributed by atoms with Crippen LogP contribution in [0.1, 0.15) is 118 Å². The maximum atomic E-state index is 13.4.